The van der Waals surface area contributed by atoms with E-state index in [9.17, 15) is 13.2 Å². The van der Waals surface area contributed by atoms with Crippen molar-refractivity contribution in [3.05, 3.63) is 65.3 Å². The van der Waals surface area contributed by atoms with Crippen molar-refractivity contribution >= 4 is 44.1 Å². The number of fused-ring (bicyclic) bond motifs is 1. The van der Waals surface area contributed by atoms with Crippen molar-refractivity contribution in [2.24, 2.45) is 0 Å². The average Bonchev–Trinajstić information content (AvgIpc) is 2.75. The third kappa shape index (κ3) is 3.97. The number of morpholine rings is 1. The smallest absolute Gasteiger partial charge is 0.255 e. The van der Waals surface area contributed by atoms with Crippen molar-refractivity contribution in [3.8, 4) is 0 Å². The summed E-state index contributed by atoms with van der Waals surface area (Å²) in [5.41, 5.74) is 1.38. The number of pyridine rings is 1. The molecule has 0 aliphatic carbocycles. The first-order chi connectivity index (χ1) is 14.0. The lowest BCUT2D eigenvalue weighted by molar-refractivity contribution is 0.0730. The fourth-order valence-electron chi connectivity index (χ4n) is 3.17. The Morgan fingerprint density at radius 2 is 1.86 bits per heavy atom. The van der Waals surface area contributed by atoms with Crippen LogP contribution in [-0.2, 0) is 14.8 Å². The number of benzene rings is 2. The quantitative estimate of drug-likeness (QED) is 0.685. The number of carbonyl (C=O) groups excluding carboxylic acids is 1. The van der Waals surface area contributed by atoms with Crippen LogP contribution in [0.5, 0.6) is 0 Å². The average molecular weight is 432 g/mol. The molecule has 0 unspecified atom stereocenters. The second-order valence-electron chi connectivity index (χ2n) is 6.50. The Kier molecular flexibility index (Phi) is 5.51. The summed E-state index contributed by atoms with van der Waals surface area (Å²) >= 11 is 6.16. The molecule has 7 nitrogen and oxygen atoms in total. The minimum absolute atomic E-state index is 0.0693. The summed E-state index contributed by atoms with van der Waals surface area (Å²) in [6.45, 7) is 1.14. The maximum Gasteiger partial charge on any atom is 0.255 e. The third-order valence-corrected chi connectivity index (χ3v) is 7.04. The molecule has 1 N–H and O–H groups in total. The predicted octanol–water partition coefficient (Wildman–Crippen LogP) is 3.16. The monoisotopic (exact) mass is 431 g/mol. The molecule has 0 spiro atoms. The highest BCUT2D eigenvalue weighted by atomic mass is 35.5. The van der Waals surface area contributed by atoms with E-state index >= 15 is 0 Å². The zero-order valence-electron chi connectivity index (χ0n) is 15.3. The topological polar surface area (TPSA) is 88.6 Å². The van der Waals surface area contributed by atoms with Gasteiger partial charge in [-0.25, -0.2) is 8.42 Å². The largest absolute Gasteiger partial charge is 0.379 e. The fourth-order valence-corrected chi connectivity index (χ4v) is 5.08. The molecule has 1 aliphatic rings. The van der Waals surface area contributed by atoms with Gasteiger partial charge >= 0.3 is 0 Å². The highest BCUT2D eigenvalue weighted by Crippen LogP contribution is 2.27. The van der Waals surface area contributed by atoms with Gasteiger partial charge in [0, 0.05) is 30.2 Å². The fraction of sp³-hybridized carbons (Fsp3) is 0.200. The van der Waals surface area contributed by atoms with Crippen LogP contribution in [0.2, 0.25) is 5.02 Å². The Hall–Kier alpha value is -2.52. The van der Waals surface area contributed by atoms with Crippen LogP contribution in [0.4, 0.5) is 5.69 Å². The maximum absolute atomic E-state index is 13.0. The zero-order chi connectivity index (χ0) is 20.4. The first kappa shape index (κ1) is 19.8. The number of para-hydroxylation sites is 1. The van der Waals surface area contributed by atoms with Crippen LogP contribution >= 0.6 is 11.6 Å². The molecule has 2 aromatic carbocycles. The van der Waals surface area contributed by atoms with Gasteiger partial charge in [-0.3, -0.25) is 9.78 Å². The Labute approximate surface area is 173 Å². The maximum atomic E-state index is 13.0. The van der Waals surface area contributed by atoms with Gasteiger partial charge < -0.3 is 10.1 Å². The summed E-state index contributed by atoms with van der Waals surface area (Å²) < 4.78 is 32.4. The molecule has 0 saturated carbocycles. The minimum Gasteiger partial charge on any atom is -0.379 e. The molecule has 0 radical (unpaired) electrons. The molecule has 1 aliphatic heterocycles. The van der Waals surface area contributed by atoms with E-state index in [-0.39, 0.29) is 28.6 Å². The summed E-state index contributed by atoms with van der Waals surface area (Å²) in [5.74, 6) is -0.446. The second kappa shape index (κ2) is 8.08. The molecule has 1 fully saturated rings. The zero-order valence-corrected chi connectivity index (χ0v) is 16.9. The van der Waals surface area contributed by atoms with Crippen molar-refractivity contribution in [1.82, 2.24) is 9.29 Å². The molecule has 150 valence electrons. The van der Waals surface area contributed by atoms with E-state index in [4.69, 9.17) is 16.3 Å². The molecule has 3 aromatic rings. The molecule has 9 heteroatoms. The van der Waals surface area contributed by atoms with E-state index < -0.39 is 15.9 Å². The normalized spacial score (nSPS) is 15.3. The molecular weight excluding hydrogens is 414 g/mol. The lowest BCUT2D eigenvalue weighted by Gasteiger charge is -2.26. The summed E-state index contributed by atoms with van der Waals surface area (Å²) in [6.07, 6.45) is 1.65. The van der Waals surface area contributed by atoms with Gasteiger partial charge in [-0.2, -0.15) is 4.31 Å². The number of anilines is 1. The van der Waals surface area contributed by atoms with Crippen LogP contribution < -0.4 is 5.32 Å². The van der Waals surface area contributed by atoms with E-state index in [1.807, 2.05) is 24.3 Å². The van der Waals surface area contributed by atoms with Gasteiger partial charge in [-0.1, -0.05) is 29.8 Å². The lowest BCUT2D eigenvalue weighted by atomic mass is 10.1. The number of amides is 1. The summed E-state index contributed by atoms with van der Waals surface area (Å²) in [5, 5.41) is 3.76. The van der Waals surface area contributed by atoms with Gasteiger partial charge in [0.25, 0.3) is 5.91 Å². The molecule has 0 atom stereocenters. The molecular formula is C20H18ClN3O4S. The number of nitrogens with zero attached hydrogens (tertiary/aromatic N) is 2. The number of sulfonamides is 1. The Morgan fingerprint density at radius 3 is 2.66 bits per heavy atom. The van der Waals surface area contributed by atoms with Crippen molar-refractivity contribution in [2.45, 2.75) is 4.90 Å². The SMILES string of the molecule is O=C(Nc1cccc2cccnc12)c1ccc(Cl)c(S(=O)(=O)N2CCOCC2)c1. The highest BCUT2D eigenvalue weighted by molar-refractivity contribution is 7.89. The van der Waals surface area contributed by atoms with Crippen LogP contribution in [0.1, 0.15) is 10.4 Å². The molecule has 0 bridgehead atoms. The number of hydrogen-bond acceptors (Lipinski definition) is 5. The molecule has 2 heterocycles. The summed E-state index contributed by atoms with van der Waals surface area (Å²) in [4.78, 5) is 17.0. The van der Waals surface area contributed by atoms with Crippen LogP contribution in [-0.4, -0.2) is 49.9 Å². The number of halogens is 1. The lowest BCUT2D eigenvalue weighted by Crippen LogP contribution is -2.40. The van der Waals surface area contributed by atoms with Gasteiger partial charge in [-0.05, 0) is 30.3 Å². The summed E-state index contributed by atoms with van der Waals surface area (Å²) in [6, 6.07) is 13.4. The second-order valence-corrected chi connectivity index (χ2v) is 8.81. The van der Waals surface area contributed by atoms with Crippen molar-refractivity contribution in [1.29, 1.82) is 0 Å². The summed E-state index contributed by atoms with van der Waals surface area (Å²) in [7, 11) is -3.83. The molecule has 1 saturated heterocycles. The van der Waals surface area contributed by atoms with Crippen LogP contribution in [0.25, 0.3) is 10.9 Å². The first-order valence-electron chi connectivity index (χ1n) is 8.99. The number of hydrogen-bond donors (Lipinski definition) is 1. The number of nitrogens with one attached hydrogen (secondary N) is 1. The standard InChI is InChI=1S/C20H18ClN3O4S/c21-16-7-6-15(13-18(16)29(26,27)24-9-11-28-12-10-24)20(25)23-17-5-1-3-14-4-2-8-22-19(14)17/h1-8,13H,9-12H2,(H,23,25). The number of ether oxygens (including phenoxy) is 1. The molecule has 1 amide bonds. The minimum atomic E-state index is -3.83. The first-order valence-corrected chi connectivity index (χ1v) is 10.8. The van der Waals surface area contributed by atoms with E-state index in [0.29, 0.717) is 24.4 Å². The van der Waals surface area contributed by atoms with Gasteiger partial charge in [-0.15, -0.1) is 0 Å². The van der Waals surface area contributed by atoms with E-state index in [1.54, 1.807) is 12.3 Å². The van der Waals surface area contributed by atoms with Crippen molar-refractivity contribution in [2.75, 3.05) is 31.6 Å². The van der Waals surface area contributed by atoms with Gasteiger partial charge in [0.1, 0.15) is 4.90 Å². The molecule has 29 heavy (non-hydrogen) atoms. The van der Waals surface area contributed by atoms with Gasteiger partial charge in [0.2, 0.25) is 10.0 Å². The number of rotatable bonds is 4. The van der Waals surface area contributed by atoms with Crippen LogP contribution in [0.15, 0.2) is 59.6 Å². The van der Waals surface area contributed by atoms with Crippen molar-refractivity contribution in [3.63, 3.8) is 0 Å². The number of carbonyl (C=O) groups is 1. The predicted molar refractivity (Wildman–Crippen MR) is 111 cm³/mol. The van der Waals surface area contributed by atoms with Gasteiger partial charge in [0.05, 0.1) is 29.4 Å². The molecule has 1 aromatic heterocycles. The van der Waals surface area contributed by atoms with E-state index in [1.165, 1.54) is 22.5 Å². The van der Waals surface area contributed by atoms with Gasteiger partial charge in [0.15, 0.2) is 0 Å². The third-order valence-electron chi connectivity index (χ3n) is 4.66. The Morgan fingerprint density at radius 1 is 1.10 bits per heavy atom. The van der Waals surface area contributed by atoms with E-state index in [2.05, 4.69) is 10.3 Å². The number of aromatic nitrogens is 1. The Bertz CT molecular complexity index is 1170. The van der Waals surface area contributed by atoms with Crippen molar-refractivity contribution < 1.29 is 17.9 Å². The van der Waals surface area contributed by atoms with Crippen LogP contribution in [0, 0.1) is 0 Å². The molecule has 4 rings (SSSR count). The van der Waals surface area contributed by atoms with E-state index in [0.717, 1.165) is 5.39 Å². The highest BCUT2D eigenvalue weighted by Gasteiger charge is 2.29. The van der Waals surface area contributed by atoms with Crippen LogP contribution in [0.3, 0.4) is 0 Å². The Balaban J connectivity index is 1.65.